The molecule has 4 rings (SSSR count). The quantitative estimate of drug-likeness (QED) is 0.443. The van der Waals surface area contributed by atoms with Crippen LogP contribution in [0.4, 0.5) is 5.82 Å². The average molecular weight is 441 g/mol. The number of H-pyrrole nitrogens is 1. The van der Waals surface area contributed by atoms with Crippen LogP contribution in [0.3, 0.4) is 0 Å². The number of carbonyl (C=O) groups is 1. The Labute approximate surface area is 169 Å². The van der Waals surface area contributed by atoms with Gasteiger partial charge < -0.3 is 10.3 Å². The van der Waals surface area contributed by atoms with Crippen molar-refractivity contribution in [1.29, 1.82) is 0 Å². The number of anilines is 1. The largest absolute Gasteiger partial charge is 0.384 e. The average Bonchev–Trinajstić information content (AvgIpc) is 3.29. The van der Waals surface area contributed by atoms with E-state index in [9.17, 15) is 22.8 Å². The SMILES string of the molecule is Cn1c(SCC(=O)c2c(N)n(C3CC3)c(=O)[nH]c2=O)nnc1C1CCS(=O)(=O)C1. The van der Waals surface area contributed by atoms with Crippen LogP contribution in [0.15, 0.2) is 14.7 Å². The molecule has 0 spiro atoms. The molecule has 0 radical (unpaired) electrons. The molecule has 3 N–H and O–H groups in total. The van der Waals surface area contributed by atoms with E-state index in [1.54, 1.807) is 11.6 Å². The van der Waals surface area contributed by atoms with Gasteiger partial charge in [-0.05, 0) is 19.3 Å². The minimum absolute atomic E-state index is 0.0389. The summed E-state index contributed by atoms with van der Waals surface area (Å²) >= 11 is 1.08. The van der Waals surface area contributed by atoms with Gasteiger partial charge in [0.1, 0.15) is 17.2 Å². The highest BCUT2D eigenvalue weighted by Crippen LogP contribution is 2.35. The molecule has 2 aliphatic rings. The zero-order valence-corrected chi connectivity index (χ0v) is 17.3. The van der Waals surface area contributed by atoms with Crippen molar-refractivity contribution < 1.29 is 13.2 Å². The molecule has 13 heteroatoms. The monoisotopic (exact) mass is 440 g/mol. The number of nitrogens with zero attached hydrogens (tertiary/aromatic N) is 4. The van der Waals surface area contributed by atoms with E-state index >= 15 is 0 Å². The van der Waals surface area contributed by atoms with Crippen LogP contribution in [0.2, 0.25) is 0 Å². The zero-order chi connectivity index (χ0) is 20.9. The number of ketones is 1. The van der Waals surface area contributed by atoms with Gasteiger partial charge in [-0.1, -0.05) is 11.8 Å². The summed E-state index contributed by atoms with van der Waals surface area (Å²) < 4.78 is 26.3. The van der Waals surface area contributed by atoms with Crippen LogP contribution in [0.5, 0.6) is 0 Å². The fourth-order valence-corrected chi connectivity index (χ4v) is 6.07. The van der Waals surface area contributed by atoms with Gasteiger partial charge in [0, 0.05) is 19.0 Å². The molecular weight excluding hydrogens is 420 g/mol. The molecule has 1 saturated heterocycles. The molecule has 1 aliphatic carbocycles. The third kappa shape index (κ3) is 3.75. The van der Waals surface area contributed by atoms with E-state index in [0.29, 0.717) is 17.4 Å². The number of aromatic nitrogens is 5. The Morgan fingerprint density at radius 2 is 2.00 bits per heavy atom. The Morgan fingerprint density at radius 1 is 1.28 bits per heavy atom. The second-order valence-corrected chi connectivity index (χ2v) is 10.5. The number of nitrogens with one attached hydrogen (secondary N) is 1. The van der Waals surface area contributed by atoms with E-state index in [4.69, 9.17) is 5.73 Å². The molecule has 2 fully saturated rings. The van der Waals surface area contributed by atoms with Crippen molar-refractivity contribution in [2.75, 3.05) is 23.0 Å². The maximum atomic E-state index is 12.7. The second-order valence-electron chi connectivity index (χ2n) is 7.33. The third-order valence-corrected chi connectivity index (χ3v) is 7.96. The van der Waals surface area contributed by atoms with E-state index in [-0.39, 0.29) is 40.6 Å². The molecule has 11 nitrogen and oxygen atoms in total. The van der Waals surface area contributed by atoms with Crippen LogP contribution in [0.25, 0.3) is 0 Å². The van der Waals surface area contributed by atoms with Crippen LogP contribution in [-0.2, 0) is 16.9 Å². The summed E-state index contributed by atoms with van der Waals surface area (Å²) in [6, 6.07) is -0.0810. The molecule has 1 atom stereocenters. The summed E-state index contributed by atoms with van der Waals surface area (Å²) in [5, 5.41) is 8.56. The van der Waals surface area contributed by atoms with Crippen molar-refractivity contribution in [1.82, 2.24) is 24.3 Å². The molecule has 2 aromatic rings. The molecule has 0 amide bonds. The number of Topliss-reactive ketones (excluding diaryl/α,β-unsaturated/α-hetero) is 1. The van der Waals surface area contributed by atoms with Gasteiger partial charge in [0.2, 0.25) is 0 Å². The van der Waals surface area contributed by atoms with Crippen molar-refractivity contribution in [2.45, 2.75) is 36.4 Å². The van der Waals surface area contributed by atoms with Crippen LogP contribution in [0, 0.1) is 0 Å². The first-order chi connectivity index (χ1) is 13.7. The molecule has 1 aliphatic heterocycles. The van der Waals surface area contributed by atoms with Crippen LogP contribution in [-0.4, -0.2) is 55.8 Å². The summed E-state index contributed by atoms with van der Waals surface area (Å²) in [6.07, 6.45) is 2.04. The predicted octanol–water partition coefficient (Wildman–Crippen LogP) is -0.541. The lowest BCUT2D eigenvalue weighted by Crippen LogP contribution is -2.36. The Morgan fingerprint density at radius 3 is 2.62 bits per heavy atom. The molecular formula is C16H20N6O5S2. The smallest absolute Gasteiger partial charge is 0.330 e. The molecule has 0 bridgehead atoms. The first-order valence-corrected chi connectivity index (χ1v) is 11.9. The third-order valence-electron chi connectivity index (χ3n) is 5.17. The summed E-state index contributed by atoms with van der Waals surface area (Å²) in [4.78, 5) is 38.9. The number of carbonyl (C=O) groups excluding carboxylic acids is 1. The number of hydrogen-bond donors (Lipinski definition) is 2. The lowest BCUT2D eigenvalue weighted by atomic mass is 10.1. The summed E-state index contributed by atoms with van der Waals surface area (Å²) in [5.74, 6) is -0.242. The molecule has 29 heavy (non-hydrogen) atoms. The number of rotatable bonds is 6. The van der Waals surface area contributed by atoms with Crippen molar-refractivity contribution >= 4 is 33.2 Å². The van der Waals surface area contributed by atoms with Crippen molar-refractivity contribution in [3.63, 3.8) is 0 Å². The lowest BCUT2D eigenvalue weighted by molar-refractivity contribution is 0.102. The first kappa shape index (κ1) is 19.9. The van der Waals surface area contributed by atoms with Crippen molar-refractivity contribution in [3.8, 4) is 0 Å². The van der Waals surface area contributed by atoms with Crippen LogP contribution < -0.4 is 17.0 Å². The second kappa shape index (κ2) is 7.13. The minimum Gasteiger partial charge on any atom is -0.384 e. The number of hydrogen-bond acceptors (Lipinski definition) is 9. The topological polar surface area (TPSA) is 163 Å². The molecule has 156 valence electrons. The molecule has 1 unspecified atom stereocenters. The van der Waals surface area contributed by atoms with Crippen LogP contribution >= 0.6 is 11.8 Å². The summed E-state index contributed by atoms with van der Waals surface area (Å²) in [6.45, 7) is 0. The fourth-order valence-electron chi connectivity index (χ4n) is 3.54. The Kier molecular flexibility index (Phi) is 4.89. The van der Waals surface area contributed by atoms with Gasteiger partial charge in [-0.3, -0.25) is 19.1 Å². The first-order valence-electron chi connectivity index (χ1n) is 9.08. The van der Waals surface area contributed by atoms with E-state index in [0.717, 1.165) is 24.6 Å². The van der Waals surface area contributed by atoms with Gasteiger partial charge >= 0.3 is 5.69 Å². The Balaban J connectivity index is 1.52. The minimum atomic E-state index is -3.05. The number of sulfone groups is 1. The molecule has 3 heterocycles. The van der Waals surface area contributed by atoms with Gasteiger partial charge in [-0.15, -0.1) is 10.2 Å². The Bertz CT molecular complexity index is 1210. The van der Waals surface area contributed by atoms with Gasteiger partial charge in [-0.2, -0.15) is 0 Å². The number of nitrogens with two attached hydrogens (primary N) is 1. The Hall–Kier alpha value is -2.41. The molecule has 0 aromatic carbocycles. The highest BCUT2D eigenvalue weighted by molar-refractivity contribution is 7.99. The van der Waals surface area contributed by atoms with Gasteiger partial charge in [0.15, 0.2) is 20.8 Å². The maximum absolute atomic E-state index is 12.7. The van der Waals surface area contributed by atoms with Gasteiger partial charge in [-0.25, -0.2) is 13.2 Å². The normalized spacial score (nSPS) is 20.8. The van der Waals surface area contributed by atoms with E-state index < -0.39 is 26.9 Å². The van der Waals surface area contributed by atoms with Crippen molar-refractivity contribution in [2.24, 2.45) is 7.05 Å². The standard InChI is InChI=1S/C16H20N6O5S2/c1-21-13(8-4-5-29(26,27)7-8)19-20-16(21)28-6-10(23)11-12(17)22(9-2-3-9)15(25)18-14(11)24/h8-9H,2-7,17H2,1H3,(H,18,24,25). The maximum Gasteiger partial charge on any atom is 0.330 e. The van der Waals surface area contributed by atoms with E-state index in [1.807, 2.05) is 0 Å². The highest BCUT2D eigenvalue weighted by Gasteiger charge is 2.33. The lowest BCUT2D eigenvalue weighted by Gasteiger charge is -2.11. The van der Waals surface area contributed by atoms with E-state index in [2.05, 4.69) is 15.2 Å². The number of aromatic amines is 1. The van der Waals surface area contributed by atoms with Crippen LogP contribution in [0.1, 0.15) is 47.4 Å². The number of thioether (sulfide) groups is 1. The fraction of sp³-hybridized carbons (Fsp3) is 0.562. The van der Waals surface area contributed by atoms with Gasteiger partial charge in [0.05, 0.1) is 17.3 Å². The zero-order valence-electron chi connectivity index (χ0n) is 15.6. The molecule has 1 saturated carbocycles. The van der Waals surface area contributed by atoms with Crippen molar-refractivity contribution in [3.05, 3.63) is 32.2 Å². The van der Waals surface area contributed by atoms with E-state index in [1.165, 1.54) is 4.57 Å². The summed E-state index contributed by atoms with van der Waals surface area (Å²) in [7, 11) is -1.34. The summed E-state index contributed by atoms with van der Waals surface area (Å²) in [5.41, 5.74) is 4.32. The van der Waals surface area contributed by atoms with Gasteiger partial charge in [0.25, 0.3) is 5.56 Å². The highest BCUT2D eigenvalue weighted by atomic mass is 32.2. The molecule has 2 aromatic heterocycles. The number of nitrogen functional groups attached to an aromatic ring is 1. The predicted molar refractivity (Wildman–Crippen MR) is 106 cm³/mol.